The normalized spacial score (nSPS) is 21.8. The fourth-order valence-electron chi connectivity index (χ4n) is 1.93. The molecule has 0 aliphatic carbocycles. The molecule has 0 aromatic heterocycles. The minimum Gasteiger partial charge on any atom is -0.388 e. The van der Waals surface area contributed by atoms with Gasteiger partial charge in [0.25, 0.3) is 0 Å². The van der Waals surface area contributed by atoms with Gasteiger partial charge in [0.05, 0.1) is 5.60 Å². The topological polar surface area (TPSA) is 58.7 Å². The van der Waals surface area contributed by atoms with Crippen LogP contribution in [-0.4, -0.2) is 55.0 Å². The third-order valence-electron chi connectivity index (χ3n) is 3.13. The van der Waals surface area contributed by atoms with Gasteiger partial charge in [0.15, 0.2) is 0 Å². The van der Waals surface area contributed by atoms with Crippen LogP contribution in [0.1, 0.15) is 26.2 Å². The standard InChI is InChI=1S/C11H24N2O2/c1-2-15-9-3-6-13-7-4-11(14,10-12)5-8-13/h14H,2-10,12H2,1H3. The summed E-state index contributed by atoms with van der Waals surface area (Å²) < 4.78 is 5.29. The summed E-state index contributed by atoms with van der Waals surface area (Å²) in [6, 6.07) is 0. The van der Waals surface area contributed by atoms with Gasteiger partial charge >= 0.3 is 0 Å². The maximum absolute atomic E-state index is 9.93. The van der Waals surface area contributed by atoms with Crippen molar-refractivity contribution in [1.29, 1.82) is 0 Å². The van der Waals surface area contributed by atoms with E-state index in [9.17, 15) is 5.11 Å². The summed E-state index contributed by atoms with van der Waals surface area (Å²) in [6.45, 7) is 7.03. The van der Waals surface area contributed by atoms with Gasteiger partial charge in [-0.2, -0.15) is 0 Å². The van der Waals surface area contributed by atoms with Crippen LogP contribution in [0, 0.1) is 0 Å². The van der Waals surface area contributed by atoms with E-state index in [0.29, 0.717) is 6.54 Å². The van der Waals surface area contributed by atoms with Crippen LogP contribution in [0.25, 0.3) is 0 Å². The molecular formula is C11H24N2O2. The molecule has 0 spiro atoms. The van der Waals surface area contributed by atoms with Crippen molar-refractivity contribution in [3.63, 3.8) is 0 Å². The molecule has 0 aromatic rings. The van der Waals surface area contributed by atoms with Crippen LogP contribution >= 0.6 is 0 Å². The molecule has 1 heterocycles. The minimum atomic E-state index is -0.601. The Hall–Kier alpha value is -0.160. The molecule has 1 aliphatic heterocycles. The number of hydrogen-bond donors (Lipinski definition) is 2. The molecule has 0 atom stereocenters. The SMILES string of the molecule is CCOCCCN1CCC(O)(CN)CC1. The van der Waals surface area contributed by atoms with Crippen molar-refractivity contribution >= 4 is 0 Å². The van der Waals surface area contributed by atoms with E-state index in [1.165, 1.54) is 0 Å². The summed E-state index contributed by atoms with van der Waals surface area (Å²) in [6.07, 6.45) is 2.69. The Bertz CT molecular complexity index is 168. The van der Waals surface area contributed by atoms with Gasteiger partial charge in [-0.3, -0.25) is 0 Å². The molecule has 0 unspecified atom stereocenters. The fraction of sp³-hybridized carbons (Fsp3) is 1.00. The minimum absolute atomic E-state index is 0.389. The van der Waals surface area contributed by atoms with Crippen molar-refractivity contribution in [2.24, 2.45) is 5.73 Å². The van der Waals surface area contributed by atoms with Gasteiger partial charge in [-0.25, -0.2) is 0 Å². The van der Waals surface area contributed by atoms with Gasteiger partial charge in [0.2, 0.25) is 0 Å². The number of likely N-dealkylation sites (tertiary alicyclic amines) is 1. The highest BCUT2D eigenvalue weighted by molar-refractivity contribution is 4.86. The van der Waals surface area contributed by atoms with Crippen LogP contribution in [-0.2, 0) is 4.74 Å². The maximum Gasteiger partial charge on any atom is 0.0793 e. The number of rotatable bonds is 6. The van der Waals surface area contributed by atoms with Crippen LogP contribution in [0.2, 0.25) is 0 Å². The van der Waals surface area contributed by atoms with E-state index in [1.807, 2.05) is 6.92 Å². The van der Waals surface area contributed by atoms with Crippen LogP contribution in [0.15, 0.2) is 0 Å². The number of piperidine rings is 1. The van der Waals surface area contributed by atoms with Crippen molar-refractivity contribution in [2.45, 2.75) is 31.8 Å². The molecule has 90 valence electrons. The van der Waals surface area contributed by atoms with E-state index in [0.717, 1.165) is 52.1 Å². The Morgan fingerprint density at radius 2 is 2.07 bits per heavy atom. The number of nitrogens with zero attached hydrogens (tertiary/aromatic N) is 1. The number of ether oxygens (including phenoxy) is 1. The molecule has 1 saturated heterocycles. The van der Waals surface area contributed by atoms with Crippen molar-refractivity contribution in [1.82, 2.24) is 4.90 Å². The van der Waals surface area contributed by atoms with Gasteiger partial charge in [-0.15, -0.1) is 0 Å². The summed E-state index contributed by atoms with van der Waals surface area (Å²) in [5.74, 6) is 0. The first-order chi connectivity index (χ1) is 7.20. The summed E-state index contributed by atoms with van der Waals surface area (Å²) >= 11 is 0. The zero-order valence-corrected chi connectivity index (χ0v) is 9.74. The van der Waals surface area contributed by atoms with Gasteiger partial charge < -0.3 is 20.5 Å². The number of nitrogens with two attached hydrogens (primary N) is 1. The van der Waals surface area contributed by atoms with E-state index < -0.39 is 5.60 Å². The largest absolute Gasteiger partial charge is 0.388 e. The highest BCUT2D eigenvalue weighted by Crippen LogP contribution is 2.20. The molecule has 0 amide bonds. The quantitative estimate of drug-likeness (QED) is 0.623. The lowest BCUT2D eigenvalue weighted by atomic mass is 9.91. The van der Waals surface area contributed by atoms with E-state index in [4.69, 9.17) is 10.5 Å². The van der Waals surface area contributed by atoms with Crippen LogP contribution in [0.5, 0.6) is 0 Å². The first-order valence-electron chi connectivity index (χ1n) is 5.93. The number of hydrogen-bond acceptors (Lipinski definition) is 4. The Labute approximate surface area is 92.4 Å². The van der Waals surface area contributed by atoms with Crippen molar-refractivity contribution < 1.29 is 9.84 Å². The zero-order chi connectivity index (χ0) is 11.1. The lowest BCUT2D eigenvalue weighted by molar-refractivity contribution is -0.0149. The average Bonchev–Trinajstić information content (AvgIpc) is 2.27. The van der Waals surface area contributed by atoms with Crippen LogP contribution in [0.4, 0.5) is 0 Å². The zero-order valence-electron chi connectivity index (χ0n) is 9.74. The molecule has 0 aromatic carbocycles. The highest BCUT2D eigenvalue weighted by atomic mass is 16.5. The first kappa shape index (κ1) is 12.9. The second-order valence-electron chi connectivity index (χ2n) is 4.32. The van der Waals surface area contributed by atoms with Crippen LogP contribution < -0.4 is 5.73 Å². The van der Waals surface area contributed by atoms with Crippen molar-refractivity contribution in [2.75, 3.05) is 39.4 Å². The highest BCUT2D eigenvalue weighted by Gasteiger charge is 2.30. The van der Waals surface area contributed by atoms with E-state index >= 15 is 0 Å². The maximum atomic E-state index is 9.93. The second-order valence-corrected chi connectivity index (χ2v) is 4.32. The summed E-state index contributed by atoms with van der Waals surface area (Å²) in [5.41, 5.74) is 4.93. The van der Waals surface area contributed by atoms with E-state index in [2.05, 4.69) is 4.90 Å². The second kappa shape index (κ2) is 6.43. The summed E-state index contributed by atoms with van der Waals surface area (Å²) in [7, 11) is 0. The molecule has 4 nitrogen and oxygen atoms in total. The van der Waals surface area contributed by atoms with E-state index in [-0.39, 0.29) is 0 Å². The Kier molecular flexibility index (Phi) is 5.53. The predicted octanol–water partition coefficient (Wildman–Crippen LogP) is 0.199. The van der Waals surface area contributed by atoms with Crippen molar-refractivity contribution in [3.05, 3.63) is 0 Å². The first-order valence-corrected chi connectivity index (χ1v) is 5.93. The van der Waals surface area contributed by atoms with Crippen molar-refractivity contribution in [3.8, 4) is 0 Å². The van der Waals surface area contributed by atoms with E-state index in [1.54, 1.807) is 0 Å². The Morgan fingerprint density at radius 3 is 2.60 bits per heavy atom. The Balaban J connectivity index is 2.09. The molecule has 3 N–H and O–H groups in total. The third kappa shape index (κ3) is 4.47. The molecule has 0 radical (unpaired) electrons. The lowest BCUT2D eigenvalue weighted by Gasteiger charge is -2.37. The summed E-state index contributed by atoms with van der Waals surface area (Å²) in [4.78, 5) is 2.38. The molecule has 4 heteroatoms. The van der Waals surface area contributed by atoms with Gasteiger partial charge in [0, 0.05) is 39.4 Å². The van der Waals surface area contributed by atoms with Gasteiger partial charge in [-0.05, 0) is 26.2 Å². The smallest absolute Gasteiger partial charge is 0.0793 e. The molecular weight excluding hydrogens is 192 g/mol. The lowest BCUT2D eigenvalue weighted by Crippen LogP contribution is -2.48. The van der Waals surface area contributed by atoms with Gasteiger partial charge in [-0.1, -0.05) is 0 Å². The predicted molar refractivity (Wildman–Crippen MR) is 60.8 cm³/mol. The average molecular weight is 216 g/mol. The summed E-state index contributed by atoms with van der Waals surface area (Å²) in [5, 5.41) is 9.93. The fourth-order valence-corrected chi connectivity index (χ4v) is 1.93. The Morgan fingerprint density at radius 1 is 1.40 bits per heavy atom. The molecule has 1 aliphatic rings. The molecule has 1 rings (SSSR count). The monoisotopic (exact) mass is 216 g/mol. The molecule has 15 heavy (non-hydrogen) atoms. The molecule has 0 saturated carbocycles. The molecule has 0 bridgehead atoms. The third-order valence-corrected chi connectivity index (χ3v) is 3.13. The van der Waals surface area contributed by atoms with Gasteiger partial charge in [0.1, 0.15) is 0 Å². The number of aliphatic hydroxyl groups is 1. The molecule has 1 fully saturated rings. The van der Waals surface area contributed by atoms with Crippen LogP contribution in [0.3, 0.4) is 0 Å².